The van der Waals surface area contributed by atoms with Crippen molar-refractivity contribution in [3.05, 3.63) is 35.5 Å². The van der Waals surface area contributed by atoms with Crippen LogP contribution in [0.25, 0.3) is 10.9 Å². The standard InChI is InChI=1S/C15H14N2O/c16-7-10-4-5-15-13(6-10)14(8-17-15)12-3-1-2-11(12)9-18/h4-6,8-9,11-12,17H,1-3H2/t11-,12+/m0/s1. The summed E-state index contributed by atoms with van der Waals surface area (Å²) < 4.78 is 0. The number of carbonyl (C=O) groups is 1. The molecule has 1 heterocycles. The number of hydrogen-bond acceptors (Lipinski definition) is 2. The van der Waals surface area contributed by atoms with Crippen molar-refractivity contribution in [1.82, 2.24) is 4.98 Å². The number of hydrogen-bond donors (Lipinski definition) is 1. The highest BCUT2D eigenvalue weighted by Gasteiger charge is 2.29. The van der Waals surface area contributed by atoms with E-state index in [4.69, 9.17) is 5.26 Å². The van der Waals surface area contributed by atoms with Gasteiger partial charge in [0.15, 0.2) is 0 Å². The number of aromatic amines is 1. The van der Waals surface area contributed by atoms with Crippen LogP contribution < -0.4 is 0 Å². The summed E-state index contributed by atoms with van der Waals surface area (Å²) in [6.45, 7) is 0. The number of fused-ring (bicyclic) bond motifs is 1. The summed E-state index contributed by atoms with van der Waals surface area (Å²) in [6, 6.07) is 7.83. The second kappa shape index (κ2) is 4.30. The molecule has 0 radical (unpaired) electrons. The predicted molar refractivity (Wildman–Crippen MR) is 69.2 cm³/mol. The van der Waals surface area contributed by atoms with E-state index in [9.17, 15) is 4.79 Å². The lowest BCUT2D eigenvalue weighted by Crippen LogP contribution is -2.06. The van der Waals surface area contributed by atoms with Crippen LogP contribution in [0.1, 0.15) is 36.3 Å². The van der Waals surface area contributed by atoms with Gasteiger partial charge in [0.2, 0.25) is 0 Å². The largest absolute Gasteiger partial charge is 0.361 e. The maximum absolute atomic E-state index is 11.1. The minimum Gasteiger partial charge on any atom is -0.361 e. The Morgan fingerprint density at radius 3 is 3.06 bits per heavy atom. The summed E-state index contributed by atoms with van der Waals surface area (Å²) in [6.07, 6.45) is 6.24. The average Bonchev–Trinajstić information content (AvgIpc) is 3.03. The van der Waals surface area contributed by atoms with Gasteiger partial charge < -0.3 is 9.78 Å². The monoisotopic (exact) mass is 238 g/mol. The second-order valence-corrected chi connectivity index (χ2v) is 4.95. The molecule has 1 aliphatic carbocycles. The van der Waals surface area contributed by atoms with Gasteiger partial charge in [-0.3, -0.25) is 0 Å². The molecule has 1 aromatic heterocycles. The number of nitriles is 1. The fraction of sp³-hybridized carbons (Fsp3) is 0.333. The average molecular weight is 238 g/mol. The van der Waals surface area contributed by atoms with Gasteiger partial charge in [0.25, 0.3) is 0 Å². The molecule has 1 fully saturated rings. The van der Waals surface area contributed by atoms with Crippen molar-refractivity contribution in [1.29, 1.82) is 5.26 Å². The zero-order valence-electron chi connectivity index (χ0n) is 10.0. The first-order valence-corrected chi connectivity index (χ1v) is 6.30. The molecule has 0 aliphatic heterocycles. The summed E-state index contributed by atoms with van der Waals surface area (Å²) in [4.78, 5) is 14.3. The minimum absolute atomic E-state index is 0.134. The van der Waals surface area contributed by atoms with E-state index < -0.39 is 0 Å². The lowest BCUT2D eigenvalue weighted by Gasteiger charge is -2.13. The molecule has 3 nitrogen and oxygen atoms in total. The Bertz CT molecular complexity index is 635. The summed E-state index contributed by atoms with van der Waals surface area (Å²) in [7, 11) is 0. The van der Waals surface area contributed by atoms with Crippen molar-refractivity contribution in [3.8, 4) is 6.07 Å². The van der Waals surface area contributed by atoms with Gasteiger partial charge in [-0.2, -0.15) is 5.26 Å². The molecule has 0 saturated heterocycles. The topological polar surface area (TPSA) is 56.6 Å². The van der Waals surface area contributed by atoms with Gasteiger partial charge in [-0.25, -0.2) is 0 Å². The van der Waals surface area contributed by atoms with E-state index in [2.05, 4.69) is 11.1 Å². The number of carbonyl (C=O) groups excluding carboxylic acids is 1. The highest BCUT2D eigenvalue weighted by atomic mass is 16.1. The lowest BCUT2D eigenvalue weighted by molar-refractivity contribution is -0.111. The van der Waals surface area contributed by atoms with Gasteiger partial charge in [0.05, 0.1) is 11.6 Å². The quantitative estimate of drug-likeness (QED) is 0.817. The predicted octanol–water partition coefficient (Wildman–Crippen LogP) is 3.12. The van der Waals surface area contributed by atoms with Crippen LogP contribution in [0.2, 0.25) is 0 Å². The van der Waals surface area contributed by atoms with E-state index in [1.54, 1.807) is 0 Å². The van der Waals surface area contributed by atoms with Crippen molar-refractivity contribution < 1.29 is 4.79 Å². The Morgan fingerprint density at radius 1 is 1.39 bits per heavy atom. The number of nitrogens with one attached hydrogen (secondary N) is 1. The van der Waals surface area contributed by atoms with E-state index in [0.717, 1.165) is 36.5 Å². The van der Waals surface area contributed by atoms with E-state index >= 15 is 0 Å². The second-order valence-electron chi connectivity index (χ2n) is 4.95. The maximum Gasteiger partial charge on any atom is 0.123 e. The van der Waals surface area contributed by atoms with Crippen LogP contribution in [0, 0.1) is 17.2 Å². The van der Waals surface area contributed by atoms with Gasteiger partial charge in [-0.05, 0) is 42.5 Å². The molecule has 2 aromatic rings. The van der Waals surface area contributed by atoms with Crippen LogP contribution in [-0.2, 0) is 4.79 Å². The van der Waals surface area contributed by atoms with Crippen molar-refractivity contribution >= 4 is 17.2 Å². The number of benzene rings is 1. The number of aromatic nitrogens is 1. The fourth-order valence-corrected chi connectivity index (χ4v) is 3.06. The summed E-state index contributed by atoms with van der Waals surface area (Å²) in [5, 5.41) is 10.1. The van der Waals surface area contributed by atoms with Crippen molar-refractivity contribution in [2.75, 3.05) is 0 Å². The normalized spacial score (nSPS) is 23.1. The van der Waals surface area contributed by atoms with Gasteiger partial charge in [-0.15, -0.1) is 0 Å². The van der Waals surface area contributed by atoms with E-state index in [1.807, 2.05) is 24.4 Å². The number of H-pyrrole nitrogens is 1. The van der Waals surface area contributed by atoms with Crippen molar-refractivity contribution in [2.24, 2.45) is 5.92 Å². The van der Waals surface area contributed by atoms with Crippen molar-refractivity contribution in [3.63, 3.8) is 0 Å². The molecule has 1 aromatic carbocycles. The lowest BCUT2D eigenvalue weighted by atomic mass is 9.89. The highest BCUT2D eigenvalue weighted by molar-refractivity contribution is 5.85. The Labute approximate surface area is 105 Å². The zero-order chi connectivity index (χ0) is 12.5. The molecular formula is C15H14N2O. The molecular weight excluding hydrogens is 224 g/mol. The Kier molecular flexibility index (Phi) is 2.64. The smallest absolute Gasteiger partial charge is 0.123 e. The summed E-state index contributed by atoms with van der Waals surface area (Å²) in [5.41, 5.74) is 2.90. The molecule has 3 rings (SSSR count). The van der Waals surface area contributed by atoms with E-state index in [0.29, 0.717) is 11.5 Å². The minimum atomic E-state index is 0.134. The molecule has 18 heavy (non-hydrogen) atoms. The van der Waals surface area contributed by atoms with Crippen molar-refractivity contribution in [2.45, 2.75) is 25.2 Å². The van der Waals surface area contributed by atoms with Crippen LogP contribution in [0.5, 0.6) is 0 Å². The molecule has 90 valence electrons. The fourth-order valence-electron chi connectivity index (χ4n) is 3.06. The SMILES string of the molecule is N#Cc1ccc2[nH]cc([C@@H]3CCC[C@H]3C=O)c2c1. The first-order chi connectivity index (χ1) is 8.83. The third-order valence-corrected chi connectivity index (χ3v) is 3.99. The van der Waals surface area contributed by atoms with Crippen LogP contribution in [-0.4, -0.2) is 11.3 Å². The van der Waals surface area contributed by atoms with E-state index in [1.165, 1.54) is 5.56 Å². The molecule has 2 atom stereocenters. The first kappa shape index (κ1) is 11.0. The molecule has 0 unspecified atom stereocenters. The zero-order valence-corrected chi connectivity index (χ0v) is 10.0. The summed E-state index contributed by atoms with van der Waals surface area (Å²) in [5.74, 6) is 0.444. The van der Waals surface area contributed by atoms with Crippen LogP contribution >= 0.6 is 0 Å². The van der Waals surface area contributed by atoms with Gasteiger partial charge in [0.1, 0.15) is 6.29 Å². The highest BCUT2D eigenvalue weighted by Crippen LogP contribution is 2.41. The number of nitrogens with zero attached hydrogens (tertiary/aromatic N) is 1. The third kappa shape index (κ3) is 1.62. The Morgan fingerprint density at radius 2 is 2.28 bits per heavy atom. The van der Waals surface area contributed by atoms with Crippen LogP contribution in [0.4, 0.5) is 0 Å². The molecule has 3 heteroatoms. The number of aldehydes is 1. The van der Waals surface area contributed by atoms with Gasteiger partial charge >= 0.3 is 0 Å². The maximum atomic E-state index is 11.1. The molecule has 1 N–H and O–H groups in total. The Balaban J connectivity index is 2.11. The van der Waals surface area contributed by atoms with Gasteiger partial charge in [-0.1, -0.05) is 6.42 Å². The molecule has 1 aliphatic rings. The third-order valence-electron chi connectivity index (χ3n) is 3.99. The number of rotatable bonds is 2. The first-order valence-electron chi connectivity index (χ1n) is 6.30. The Hall–Kier alpha value is -2.08. The van der Waals surface area contributed by atoms with Crippen LogP contribution in [0.15, 0.2) is 24.4 Å². The van der Waals surface area contributed by atoms with Gasteiger partial charge in [0, 0.05) is 23.0 Å². The van der Waals surface area contributed by atoms with Crippen LogP contribution in [0.3, 0.4) is 0 Å². The molecule has 0 amide bonds. The molecule has 0 bridgehead atoms. The summed E-state index contributed by atoms with van der Waals surface area (Å²) >= 11 is 0. The molecule has 0 spiro atoms. The van der Waals surface area contributed by atoms with E-state index in [-0.39, 0.29) is 5.92 Å². The molecule has 1 saturated carbocycles.